The molecule has 1 aromatic rings. The number of rotatable bonds is 1. The molecule has 0 fully saturated rings. The fraction of sp³-hybridized carbons (Fsp3) is 0.200. The molecule has 0 aliphatic carbocycles. The van der Waals surface area contributed by atoms with Crippen LogP contribution in [0, 0.1) is 0 Å². The first-order valence-corrected chi connectivity index (χ1v) is 3.88. The summed E-state index contributed by atoms with van der Waals surface area (Å²) in [5, 5.41) is 0. The molecule has 0 saturated heterocycles. The molecule has 3 heteroatoms. The average Bonchev–Trinajstić information content (AvgIpc) is 2.14. The fourth-order valence-corrected chi connectivity index (χ4v) is 1.82. The van der Waals surface area contributed by atoms with E-state index in [1.54, 1.807) is 11.3 Å². The molecular formula is C5H6BrNS. The van der Waals surface area contributed by atoms with Crippen LogP contribution in [0.15, 0.2) is 15.9 Å². The van der Waals surface area contributed by atoms with E-state index in [4.69, 9.17) is 5.73 Å². The Kier molecular flexibility index (Phi) is 2.05. The summed E-state index contributed by atoms with van der Waals surface area (Å²) in [4.78, 5) is 1.22. The van der Waals surface area contributed by atoms with Crippen LogP contribution in [0.3, 0.4) is 0 Å². The SMILES string of the molecule is NCc1ccc(Br)s1. The van der Waals surface area contributed by atoms with Gasteiger partial charge in [-0.2, -0.15) is 0 Å². The maximum absolute atomic E-state index is 5.35. The van der Waals surface area contributed by atoms with Crippen molar-refractivity contribution < 1.29 is 0 Å². The summed E-state index contributed by atoms with van der Waals surface area (Å²) in [6, 6.07) is 4.03. The van der Waals surface area contributed by atoms with E-state index in [9.17, 15) is 0 Å². The van der Waals surface area contributed by atoms with E-state index in [1.165, 1.54) is 4.88 Å². The third-order valence-corrected chi connectivity index (χ3v) is 2.48. The molecule has 0 spiro atoms. The van der Waals surface area contributed by atoms with Crippen molar-refractivity contribution in [2.45, 2.75) is 6.54 Å². The molecule has 0 bridgehead atoms. The van der Waals surface area contributed by atoms with E-state index < -0.39 is 0 Å². The first kappa shape index (κ1) is 6.26. The predicted molar refractivity (Wildman–Crippen MR) is 39.9 cm³/mol. The molecule has 2 N–H and O–H groups in total. The topological polar surface area (TPSA) is 26.0 Å². The second-order valence-corrected chi connectivity index (χ2v) is 3.96. The van der Waals surface area contributed by atoms with Crippen LogP contribution in [-0.2, 0) is 6.54 Å². The Labute approximate surface area is 60.6 Å². The van der Waals surface area contributed by atoms with E-state index in [2.05, 4.69) is 15.9 Å². The van der Waals surface area contributed by atoms with Gasteiger partial charge >= 0.3 is 0 Å². The van der Waals surface area contributed by atoms with Crippen molar-refractivity contribution >= 4 is 27.3 Å². The van der Waals surface area contributed by atoms with Gasteiger partial charge in [0, 0.05) is 11.4 Å². The molecule has 0 saturated carbocycles. The van der Waals surface area contributed by atoms with Gasteiger partial charge in [-0.15, -0.1) is 11.3 Å². The van der Waals surface area contributed by atoms with Gasteiger partial charge in [0.05, 0.1) is 3.79 Å². The third kappa shape index (κ3) is 1.31. The quantitative estimate of drug-likeness (QED) is 0.723. The summed E-state index contributed by atoms with van der Waals surface area (Å²) < 4.78 is 1.15. The molecule has 0 aliphatic rings. The van der Waals surface area contributed by atoms with Crippen molar-refractivity contribution in [3.63, 3.8) is 0 Å². The van der Waals surface area contributed by atoms with Crippen LogP contribution < -0.4 is 5.73 Å². The summed E-state index contributed by atoms with van der Waals surface area (Å²) in [5.74, 6) is 0. The van der Waals surface area contributed by atoms with Gasteiger partial charge < -0.3 is 5.73 Å². The van der Waals surface area contributed by atoms with E-state index in [0.717, 1.165) is 3.79 Å². The van der Waals surface area contributed by atoms with Gasteiger partial charge in [-0.05, 0) is 28.1 Å². The van der Waals surface area contributed by atoms with Crippen molar-refractivity contribution in [2.24, 2.45) is 5.73 Å². The number of thiophene rings is 1. The van der Waals surface area contributed by atoms with Gasteiger partial charge in [0.25, 0.3) is 0 Å². The summed E-state index contributed by atoms with van der Waals surface area (Å²) in [5.41, 5.74) is 5.35. The summed E-state index contributed by atoms with van der Waals surface area (Å²) >= 11 is 5.02. The minimum absolute atomic E-state index is 0.649. The maximum atomic E-state index is 5.35. The normalized spacial score (nSPS) is 9.75. The standard InChI is InChI=1S/C5H6BrNS/c6-5-2-1-4(3-7)8-5/h1-2H,3,7H2. The van der Waals surface area contributed by atoms with Gasteiger partial charge in [0.15, 0.2) is 0 Å². The van der Waals surface area contributed by atoms with E-state index in [0.29, 0.717) is 6.54 Å². The molecule has 0 aliphatic heterocycles. The van der Waals surface area contributed by atoms with E-state index in [-0.39, 0.29) is 0 Å². The van der Waals surface area contributed by atoms with Crippen LogP contribution in [0.4, 0.5) is 0 Å². The molecule has 0 amide bonds. The summed E-state index contributed by atoms with van der Waals surface area (Å²) in [6.45, 7) is 0.649. The molecule has 0 radical (unpaired) electrons. The Morgan fingerprint density at radius 1 is 1.62 bits per heavy atom. The number of hydrogen-bond donors (Lipinski definition) is 1. The Morgan fingerprint density at radius 3 is 2.62 bits per heavy atom. The largest absolute Gasteiger partial charge is 0.326 e. The Balaban J connectivity index is 2.84. The third-order valence-electron chi connectivity index (χ3n) is 0.830. The zero-order valence-electron chi connectivity index (χ0n) is 4.23. The monoisotopic (exact) mass is 191 g/mol. The molecule has 44 valence electrons. The number of hydrogen-bond acceptors (Lipinski definition) is 2. The van der Waals surface area contributed by atoms with Crippen molar-refractivity contribution in [3.05, 3.63) is 20.8 Å². The first-order valence-electron chi connectivity index (χ1n) is 2.27. The first-order chi connectivity index (χ1) is 3.83. The molecule has 1 rings (SSSR count). The second-order valence-electron chi connectivity index (χ2n) is 1.41. The highest BCUT2D eigenvalue weighted by atomic mass is 79.9. The van der Waals surface area contributed by atoms with Crippen LogP contribution in [0.2, 0.25) is 0 Å². The highest BCUT2D eigenvalue weighted by molar-refractivity contribution is 9.11. The highest BCUT2D eigenvalue weighted by Gasteiger charge is 1.91. The van der Waals surface area contributed by atoms with E-state index in [1.807, 2.05) is 12.1 Å². The van der Waals surface area contributed by atoms with Crippen LogP contribution in [0.1, 0.15) is 4.88 Å². The molecule has 0 atom stereocenters. The van der Waals surface area contributed by atoms with Gasteiger partial charge in [-0.3, -0.25) is 0 Å². The summed E-state index contributed by atoms with van der Waals surface area (Å²) in [6.07, 6.45) is 0. The summed E-state index contributed by atoms with van der Waals surface area (Å²) in [7, 11) is 0. The zero-order valence-corrected chi connectivity index (χ0v) is 6.63. The lowest BCUT2D eigenvalue weighted by atomic mass is 10.5. The molecule has 1 nitrogen and oxygen atoms in total. The molecule has 0 aromatic carbocycles. The van der Waals surface area contributed by atoms with Crippen molar-refractivity contribution in [2.75, 3.05) is 0 Å². The lowest BCUT2D eigenvalue weighted by Crippen LogP contribution is -1.90. The minimum Gasteiger partial charge on any atom is -0.326 e. The van der Waals surface area contributed by atoms with Crippen molar-refractivity contribution in [1.29, 1.82) is 0 Å². The lowest BCUT2D eigenvalue weighted by molar-refractivity contribution is 1.11. The van der Waals surface area contributed by atoms with E-state index >= 15 is 0 Å². The molecule has 0 unspecified atom stereocenters. The zero-order chi connectivity index (χ0) is 5.98. The minimum atomic E-state index is 0.649. The van der Waals surface area contributed by atoms with Gasteiger partial charge in [0.2, 0.25) is 0 Å². The smallest absolute Gasteiger partial charge is 0.0701 e. The van der Waals surface area contributed by atoms with Gasteiger partial charge in [-0.25, -0.2) is 0 Å². The number of halogens is 1. The molecule has 8 heavy (non-hydrogen) atoms. The van der Waals surface area contributed by atoms with Gasteiger partial charge in [-0.1, -0.05) is 0 Å². The van der Waals surface area contributed by atoms with Crippen LogP contribution in [-0.4, -0.2) is 0 Å². The Hall–Kier alpha value is 0.140. The second kappa shape index (κ2) is 2.62. The van der Waals surface area contributed by atoms with Crippen LogP contribution in [0.5, 0.6) is 0 Å². The van der Waals surface area contributed by atoms with Crippen LogP contribution in [0.25, 0.3) is 0 Å². The van der Waals surface area contributed by atoms with Gasteiger partial charge in [0.1, 0.15) is 0 Å². The lowest BCUT2D eigenvalue weighted by Gasteiger charge is -1.80. The number of nitrogens with two attached hydrogens (primary N) is 1. The Morgan fingerprint density at radius 2 is 2.38 bits per heavy atom. The average molecular weight is 192 g/mol. The maximum Gasteiger partial charge on any atom is 0.0701 e. The predicted octanol–water partition coefficient (Wildman–Crippen LogP) is 1.97. The highest BCUT2D eigenvalue weighted by Crippen LogP contribution is 2.20. The molecular weight excluding hydrogens is 186 g/mol. The molecule has 1 aromatic heterocycles. The van der Waals surface area contributed by atoms with Crippen molar-refractivity contribution in [3.8, 4) is 0 Å². The van der Waals surface area contributed by atoms with Crippen molar-refractivity contribution in [1.82, 2.24) is 0 Å². The Bertz CT molecular complexity index is 173. The van der Waals surface area contributed by atoms with Crippen LogP contribution >= 0.6 is 27.3 Å². The molecule has 1 heterocycles. The fourth-order valence-electron chi connectivity index (χ4n) is 0.461.